The molecule has 4 N–H and O–H groups in total. The first-order valence-corrected chi connectivity index (χ1v) is 6.93. The monoisotopic (exact) mass is 275 g/mol. The fourth-order valence-electron chi connectivity index (χ4n) is 2.65. The third-order valence-corrected chi connectivity index (χ3v) is 3.92. The van der Waals surface area contributed by atoms with Gasteiger partial charge in [0.25, 0.3) is 5.91 Å². The minimum Gasteiger partial charge on any atom is -0.366 e. The van der Waals surface area contributed by atoms with E-state index in [9.17, 15) is 9.59 Å². The lowest BCUT2D eigenvalue weighted by Crippen LogP contribution is -2.55. The number of nitrogens with one attached hydrogen (secondary N) is 2. The Bertz CT molecular complexity index is 506. The molecule has 0 radical (unpaired) electrons. The van der Waals surface area contributed by atoms with Crippen LogP contribution >= 0.6 is 0 Å². The van der Waals surface area contributed by atoms with Crippen molar-refractivity contribution in [1.29, 1.82) is 0 Å². The highest BCUT2D eigenvalue weighted by molar-refractivity contribution is 5.99. The van der Waals surface area contributed by atoms with Gasteiger partial charge in [-0.3, -0.25) is 9.59 Å². The molecule has 0 aliphatic carbocycles. The van der Waals surface area contributed by atoms with Gasteiger partial charge in [-0.1, -0.05) is 13.0 Å². The van der Waals surface area contributed by atoms with Gasteiger partial charge in [-0.2, -0.15) is 0 Å². The summed E-state index contributed by atoms with van der Waals surface area (Å²) in [5.74, 6) is -0.268. The number of benzene rings is 1. The SMILES string of the molecule is CC1CCNC(C)C1NC(=O)c1cccc(C(N)=O)c1. The second-order valence-corrected chi connectivity index (χ2v) is 5.45. The van der Waals surface area contributed by atoms with Gasteiger partial charge in [-0.25, -0.2) is 0 Å². The molecule has 0 aromatic heterocycles. The predicted octanol–water partition coefficient (Wildman–Crippen LogP) is 0.902. The molecule has 1 heterocycles. The van der Waals surface area contributed by atoms with Gasteiger partial charge in [0, 0.05) is 23.2 Å². The largest absolute Gasteiger partial charge is 0.366 e. The van der Waals surface area contributed by atoms with Crippen molar-refractivity contribution < 1.29 is 9.59 Å². The van der Waals surface area contributed by atoms with E-state index in [-0.39, 0.29) is 18.0 Å². The molecule has 0 saturated carbocycles. The predicted molar refractivity (Wildman–Crippen MR) is 77.5 cm³/mol. The second kappa shape index (κ2) is 6.05. The number of hydrogen-bond acceptors (Lipinski definition) is 3. The molecule has 1 fully saturated rings. The van der Waals surface area contributed by atoms with E-state index in [1.165, 1.54) is 6.07 Å². The zero-order valence-corrected chi connectivity index (χ0v) is 11.8. The molecule has 0 spiro atoms. The summed E-state index contributed by atoms with van der Waals surface area (Å²) in [6.07, 6.45) is 1.04. The van der Waals surface area contributed by atoms with Crippen LogP contribution < -0.4 is 16.4 Å². The molecule has 1 aliphatic heterocycles. The lowest BCUT2D eigenvalue weighted by Gasteiger charge is -2.36. The molecule has 3 atom stereocenters. The number of rotatable bonds is 3. The van der Waals surface area contributed by atoms with Crippen molar-refractivity contribution in [1.82, 2.24) is 10.6 Å². The van der Waals surface area contributed by atoms with Crippen LogP contribution in [0.2, 0.25) is 0 Å². The van der Waals surface area contributed by atoms with Crippen LogP contribution in [0.5, 0.6) is 0 Å². The molecule has 1 aromatic carbocycles. The summed E-state index contributed by atoms with van der Waals surface area (Å²) < 4.78 is 0. The van der Waals surface area contributed by atoms with Crippen molar-refractivity contribution in [3.8, 4) is 0 Å². The van der Waals surface area contributed by atoms with E-state index in [0.717, 1.165) is 13.0 Å². The van der Waals surface area contributed by atoms with Crippen LogP contribution in [-0.4, -0.2) is 30.4 Å². The van der Waals surface area contributed by atoms with Gasteiger partial charge >= 0.3 is 0 Å². The van der Waals surface area contributed by atoms with Crippen LogP contribution in [0.4, 0.5) is 0 Å². The van der Waals surface area contributed by atoms with Gasteiger partial charge < -0.3 is 16.4 Å². The molecule has 5 nitrogen and oxygen atoms in total. The normalized spacial score (nSPS) is 26.0. The third kappa shape index (κ3) is 3.17. The summed E-state index contributed by atoms with van der Waals surface area (Å²) in [5.41, 5.74) is 6.04. The number of primary amides is 1. The number of piperidine rings is 1. The molecular weight excluding hydrogens is 254 g/mol. The Labute approximate surface area is 118 Å². The van der Waals surface area contributed by atoms with Gasteiger partial charge in [0.15, 0.2) is 0 Å². The van der Waals surface area contributed by atoms with Crippen LogP contribution in [0.3, 0.4) is 0 Å². The average Bonchev–Trinajstić information content (AvgIpc) is 2.43. The van der Waals surface area contributed by atoms with Gasteiger partial charge in [0.1, 0.15) is 0 Å². The van der Waals surface area contributed by atoms with Crippen LogP contribution in [0.1, 0.15) is 41.0 Å². The Morgan fingerprint density at radius 3 is 2.65 bits per heavy atom. The van der Waals surface area contributed by atoms with E-state index in [1.54, 1.807) is 18.2 Å². The van der Waals surface area contributed by atoms with E-state index in [0.29, 0.717) is 17.0 Å². The van der Waals surface area contributed by atoms with E-state index in [4.69, 9.17) is 5.73 Å². The number of amides is 2. The summed E-state index contributed by atoms with van der Waals surface area (Å²) in [7, 11) is 0. The highest BCUT2D eigenvalue weighted by atomic mass is 16.2. The Balaban J connectivity index is 2.11. The summed E-state index contributed by atoms with van der Waals surface area (Å²) in [4.78, 5) is 23.4. The van der Waals surface area contributed by atoms with E-state index in [1.807, 2.05) is 0 Å². The van der Waals surface area contributed by atoms with Gasteiger partial charge in [-0.15, -0.1) is 0 Å². The topological polar surface area (TPSA) is 84.2 Å². The highest BCUT2D eigenvalue weighted by Gasteiger charge is 2.28. The third-order valence-electron chi connectivity index (χ3n) is 3.92. The van der Waals surface area contributed by atoms with Crippen LogP contribution in [-0.2, 0) is 0 Å². The standard InChI is InChI=1S/C15H21N3O2/c1-9-6-7-17-10(2)13(9)18-15(20)12-5-3-4-11(8-12)14(16)19/h3-5,8-10,13,17H,6-7H2,1-2H3,(H2,16,19)(H,18,20). The molecule has 1 aliphatic rings. The van der Waals surface area contributed by atoms with Crippen LogP contribution in [0.15, 0.2) is 24.3 Å². The molecule has 1 saturated heterocycles. The summed E-state index contributed by atoms with van der Waals surface area (Å²) in [6.45, 7) is 5.19. The van der Waals surface area contributed by atoms with Crippen LogP contribution in [0.25, 0.3) is 0 Å². The molecular formula is C15H21N3O2. The fourth-order valence-corrected chi connectivity index (χ4v) is 2.65. The van der Waals surface area contributed by atoms with Crippen molar-refractivity contribution >= 4 is 11.8 Å². The first-order chi connectivity index (χ1) is 9.49. The van der Waals surface area contributed by atoms with E-state index >= 15 is 0 Å². The summed E-state index contributed by atoms with van der Waals surface area (Å²) in [6, 6.07) is 6.82. The Morgan fingerprint density at radius 2 is 2.00 bits per heavy atom. The fraction of sp³-hybridized carbons (Fsp3) is 0.467. The minimum atomic E-state index is -0.527. The molecule has 2 rings (SSSR count). The maximum Gasteiger partial charge on any atom is 0.251 e. The van der Waals surface area contributed by atoms with E-state index in [2.05, 4.69) is 24.5 Å². The van der Waals surface area contributed by atoms with E-state index < -0.39 is 5.91 Å². The second-order valence-electron chi connectivity index (χ2n) is 5.45. The maximum absolute atomic E-state index is 12.3. The quantitative estimate of drug-likeness (QED) is 0.766. The molecule has 0 bridgehead atoms. The van der Waals surface area contributed by atoms with Gasteiger partial charge in [0.05, 0.1) is 0 Å². The number of carbonyl (C=O) groups is 2. The summed E-state index contributed by atoms with van der Waals surface area (Å²) in [5, 5.41) is 6.41. The zero-order chi connectivity index (χ0) is 14.7. The van der Waals surface area contributed by atoms with Gasteiger partial charge in [-0.05, 0) is 44.0 Å². The first-order valence-electron chi connectivity index (χ1n) is 6.93. The molecule has 20 heavy (non-hydrogen) atoms. The van der Waals surface area contributed by atoms with Gasteiger partial charge in [0.2, 0.25) is 5.91 Å². The highest BCUT2D eigenvalue weighted by Crippen LogP contribution is 2.17. The smallest absolute Gasteiger partial charge is 0.251 e. The zero-order valence-electron chi connectivity index (χ0n) is 11.8. The van der Waals surface area contributed by atoms with Crippen molar-refractivity contribution in [2.75, 3.05) is 6.54 Å². The number of carbonyl (C=O) groups excluding carboxylic acids is 2. The number of hydrogen-bond donors (Lipinski definition) is 3. The Morgan fingerprint density at radius 1 is 1.30 bits per heavy atom. The summed E-state index contributed by atoms with van der Waals surface area (Å²) >= 11 is 0. The Hall–Kier alpha value is -1.88. The van der Waals surface area contributed by atoms with Crippen molar-refractivity contribution in [3.63, 3.8) is 0 Å². The van der Waals surface area contributed by atoms with Crippen molar-refractivity contribution in [2.24, 2.45) is 11.7 Å². The van der Waals surface area contributed by atoms with Crippen LogP contribution in [0, 0.1) is 5.92 Å². The minimum absolute atomic E-state index is 0.0912. The number of nitrogens with two attached hydrogens (primary N) is 1. The molecule has 3 unspecified atom stereocenters. The molecule has 108 valence electrons. The molecule has 2 amide bonds. The van der Waals surface area contributed by atoms with Crippen molar-refractivity contribution in [2.45, 2.75) is 32.4 Å². The lowest BCUT2D eigenvalue weighted by molar-refractivity contribution is 0.0897. The molecule has 5 heteroatoms. The first kappa shape index (κ1) is 14.5. The Kier molecular flexibility index (Phi) is 4.39. The van der Waals surface area contributed by atoms with Crippen molar-refractivity contribution in [3.05, 3.63) is 35.4 Å². The average molecular weight is 275 g/mol. The molecule has 1 aromatic rings. The maximum atomic E-state index is 12.3. The lowest BCUT2D eigenvalue weighted by atomic mass is 9.89.